The standard InChI is InChI=1S/C34H36N6O3/c1-2-22-4-3-5-23-16-26(41)17-28(30(22)23)29-9-8-27-31(36-29)37-33(38-32(27)40-18-24-6-7-25(19-40)35-24)43-21-34(10-11-34)20-39-12-14-42-15-13-39/h1,3-5,8-9,16-17,24-25,35,41H,6-7,10-15,18-21H2. The fourth-order valence-electron chi connectivity index (χ4n) is 7.11. The number of hydrogen-bond acceptors (Lipinski definition) is 9. The Morgan fingerprint density at radius 3 is 2.63 bits per heavy atom. The molecule has 2 aromatic carbocycles. The number of nitrogens with zero attached hydrogens (tertiary/aromatic N) is 5. The Kier molecular flexibility index (Phi) is 6.59. The molecular weight excluding hydrogens is 540 g/mol. The van der Waals surface area contributed by atoms with Crippen LogP contribution in [0.1, 0.15) is 31.2 Å². The fourth-order valence-corrected chi connectivity index (χ4v) is 7.11. The number of aromatic hydroxyl groups is 1. The van der Waals surface area contributed by atoms with Gasteiger partial charge >= 0.3 is 6.01 Å². The molecule has 0 spiro atoms. The predicted octanol–water partition coefficient (Wildman–Crippen LogP) is 3.96. The summed E-state index contributed by atoms with van der Waals surface area (Å²) in [6.07, 6.45) is 10.5. The van der Waals surface area contributed by atoms with Crippen molar-refractivity contribution in [2.75, 3.05) is 57.4 Å². The van der Waals surface area contributed by atoms with E-state index in [0.29, 0.717) is 36.0 Å². The Balaban J connectivity index is 1.18. The van der Waals surface area contributed by atoms with Crippen molar-refractivity contribution in [3.63, 3.8) is 0 Å². The van der Waals surface area contributed by atoms with E-state index in [9.17, 15) is 5.11 Å². The van der Waals surface area contributed by atoms with Gasteiger partial charge in [0.1, 0.15) is 11.6 Å². The van der Waals surface area contributed by atoms with Gasteiger partial charge in [0.2, 0.25) is 0 Å². The quantitative estimate of drug-likeness (QED) is 0.317. The number of anilines is 1. The third-order valence-electron chi connectivity index (χ3n) is 9.56. The van der Waals surface area contributed by atoms with Crippen LogP contribution in [0.4, 0.5) is 5.82 Å². The lowest BCUT2D eigenvalue weighted by atomic mass is 9.96. The monoisotopic (exact) mass is 576 g/mol. The molecule has 0 radical (unpaired) electrons. The smallest absolute Gasteiger partial charge is 0.320 e. The van der Waals surface area contributed by atoms with Crippen LogP contribution in [0, 0.1) is 17.8 Å². The minimum absolute atomic E-state index is 0.144. The lowest BCUT2D eigenvalue weighted by molar-refractivity contribution is 0.0231. The fraction of sp³-hybridized carbons (Fsp3) is 0.441. The molecule has 43 heavy (non-hydrogen) atoms. The van der Waals surface area contributed by atoms with Gasteiger partial charge in [-0.25, -0.2) is 4.98 Å². The summed E-state index contributed by atoms with van der Waals surface area (Å²) in [6, 6.07) is 14.6. The molecule has 5 heterocycles. The lowest BCUT2D eigenvalue weighted by Crippen LogP contribution is -2.51. The van der Waals surface area contributed by atoms with Gasteiger partial charge in [-0.2, -0.15) is 9.97 Å². The maximum absolute atomic E-state index is 10.6. The molecule has 9 nitrogen and oxygen atoms in total. The molecule has 4 fully saturated rings. The van der Waals surface area contributed by atoms with E-state index >= 15 is 0 Å². The average molecular weight is 577 g/mol. The number of rotatable bonds is 7. The van der Waals surface area contributed by atoms with E-state index in [2.05, 4.69) is 27.1 Å². The molecule has 2 atom stereocenters. The first-order chi connectivity index (χ1) is 21.1. The lowest BCUT2D eigenvalue weighted by Gasteiger charge is -2.34. The zero-order valence-corrected chi connectivity index (χ0v) is 24.3. The van der Waals surface area contributed by atoms with Gasteiger partial charge in [-0.1, -0.05) is 18.1 Å². The zero-order chi connectivity index (χ0) is 29.0. The molecule has 2 bridgehead atoms. The number of phenolic OH excluding ortho intramolecular Hbond substituents is 1. The Hall–Kier alpha value is -3.97. The zero-order valence-electron chi connectivity index (χ0n) is 24.3. The number of benzene rings is 2. The van der Waals surface area contributed by atoms with Crippen molar-refractivity contribution < 1.29 is 14.6 Å². The molecule has 3 aliphatic heterocycles. The van der Waals surface area contributed by atoms with Crippen LogP contribution in [0.15, 0.2) is 42.5 Å². The molecule has 2 N–H and O–H groups in total. The number of nitrogens with one attached hydrogen (secondary N) is 1. The van der Waals surface area contributed by atoms with Crippen molar-refractivity contribution in [1.82, 2.24) is 25.2 Å². The molecule has 3 saturated heterocycles. The molecule has 2 aromatic heterocycles. The molecule has 1 aliphatic carbocycles. The highest BCUT2D eigenvalue weighted by Crippen LogP contribution is 2.46. The number of aromatic nitrogens is 3. The van der Waals surface area contributed by atoms with Gasteiger partial charge in [0.15, 0.2) is 5.65 Å². The Morgan fingerprint density at radius 2 is 1.86 bits per heavy atom. The topological polar surface area (TPSA) is 95.9 Å². The molecule has 220 valence electrons. The number of piperazine rings is 1. The predicted molar refractivity (Wildman–Crippen MR) is 166 cm³/mol. The van der Waals surface area contributed by atoms with Crippen LogP contribution in [0.25, 0.3) is 33.1 Å². The van der Waals surface area contributed by atoms with Gasteiger partial charge in [0.05, 0.1) is 30.9 Å². The summed E-state index contributed by atoms with van der Waals surface area (Å²) in [6.45, 7) is 6.94. The van der Waals surface area contributed by atoms with Crippen molar-refractivity contribution >= 4 is 27.6 Å². The third kappa shape index (κ3) is 5.14. The largest absolute Gasteiger partial charge is 0.508 e. The van der Waals surface area contributed by atoms with Crippen LogP contribution in [0.5, 0.6) is 11.8 Å². The van der Waals surface area contributed by atoms with E-state index in [4.69, 9.17) is 30.8 Å². The number of hydrogen-bond donors (Lipinski definition) is 2. The first-order valence-corrected chi connectivity index (χ1v) is 15.4. The van der Waals surface area contributed by atoms with Gasteiger partial charge in [0, 0.05) is 66.7 Å². The second kappa shape index (κ2) is 10.6. The summed E-state index contributed by atoms with van der Waals surface area (Å²) >= 11 is 0. The summed E-state index contributed by atoms with van der Waals surface area (Å²) < 4.78 is 12.0. The Labute approximate surface area is 251 Å². The van der Waals surface area contributed by atoms with Crippen molar-refractivity contribution in [1.29, 1.82) is 0 Å². The first-order valence-electron chi connectivity index (χ1n) is 15.4. The number of ether oxygens (including phenoxy) is 2. The van der Waals surface area contributed by atoms with E-state index < -0.39 is 0 Å². The van der Waals surface area contributed by atoms with Gasteiger partial charge in [-0.15, -0.1) is 6.42 Å². The Morgan fingerprint density at radius 1 is 1.05 bits per heavy atom. The maximum Gasteiger partial charge on any atom is 0.320 e. The van der Waals surface area contributed by atoms with Gasteiger partial charge < -0.3 is 24.8 Å². The van der Waals surface area contributed by atoms with Crippen LogP contribution >= 0.6 is 0 Å². The van der Waals surface area contributed by atoms with E-state index in [1.54, 1.807) is 12.1 Å². The summed E-state index contributed by atoms with van der Waals surface area (Å²) in [5, 5.41) is 17.0. The number of terminal acetylenes is 1. The normalized spacial score (nSPS) is 23.0. The van der Waals surface area contributed by atoms with Crippen molar-refractivity contribution in [3.05, 3.63) is 48.0 Å². The highest BCUT2D eigenvalue weighted by atomic mass is 16.5. The minimum Gasteiger partial charge on any atom is -0.508 e. The maximum atomic E-state index is 10.6. The number of pyridine rings is 1. The van der Waals surface area contributed by atoms with Crippen LogP contribution in [-0.2, 0) is 4.74 Å². The molecule has 4 aromatic rings. The van der Waals surface area contributed by atoms with Crippen LogP contribution in [0.2, 0.25) is 0 Å². The minimum atomic E-state index is 0.144. The first kappa shape index (κ1) is 26.6. The number of fused-ring (bicyclic) bond motifs is 4. The van der Waals surface area contributed by atoms with Gasteiger partial charge in [0.25, 0.3) is 0 Å². The highest BCUT2D eigenvalue weighted by molar-refractivity contribution is 6.02. The second-order valence-corrected chi connectivity index (χ2v) is 12.7. The summed E-state index contributed by atoms with van der Waals surface area (Å²) in [7, 11) is 0. The second-order valence-electron chi connectivity index (χ2n) is 12.7. The van der Waals surface area contributed by atoms with Crippen LogP contribution < -0.4 is 15.0 Å². The molecule has 9 heteroatoms. The van der Waals surface area contributed by atoms with Crippen molar-refractivity contribution in [2.45, 2.75) is 37.8 Å². The summed E-state index contributed by atoms with van der Waals surface area (Å²) in [5.74, 6) is 3.84. The van der Waals surface area contributed by atoms with E-state index in [1.807, 2.05) is 24.3 Å². The summed E-state index contributed by atoms with van der Waals surface area (Å²) in [5.41, 5.74) is 2.95. The van der Waals surface area contributed by atoms with E-state index in [0.717, 1.165) is 91.9 Å². The van der Waals surface area contributed by atoms with Gasteiger partial charge in [-0.05, 0) is 61.4 Å². The third-order valence-corrected chi connectivity index (χ3v) is 9.56. The van der Waals surface area contributed by atoms with E-state index in [-0.39, 0.29) is 11.2 Å². The summed E-state index contributed by atoms with van der Waals surface area (Å²) in [4.78, 5) is 19.8. The van der Waals surface area contributed by atoms with Gasteiger partial charge in [-0.3, -0.25) is 4.90 Å². The molecule has 2 unspecified atom stereocenters. The van der Waals surface area contributed by atoms with E-state index in [1.165, 1.54) is 12.8 Å². The van der Waals surface area contributed by atoms with Crippen molar-refractivity contribution in [3.8, 4) is 35.4 Å². The van der Waals surface area contributed by atoms with Crippen LogP contribution in [0.3, 0.4) is 0 Å². The van der Waals surface area contributed by atoms with Crippen molar-refractivity contribution in [2.24, 2.45) is 5.41 Å². The highest BCUT2D eigenvalue weighted by Gasteiger charge is 2.45. The SMILES string of the molecule is C#Cc1cccc2cc(O)cc(-c3ccc4c(N5CC6CCC(C5)N6)nc(OCC5(CN6CCOCC6)CC5)nc4n3)c12. The van der Waals surface area contributed by atoms with Crippen LogP contribution in [-0.4, -0.2) is 89.6 Å². The average Bonchev–Trinajstić information content (AvgIpc) is 3.72. The number of morpholine rings is 1. The molecule has 4 aliphatic rings. The molecule has 0 amide bonds. The molecule has 1 saturated carbocycles. The Bertz CT molecular complexity index is 1730. The molecule has 8 rings (SSSR count). The number of phenols is 1. The molecular formula is C34H36N6O3.